The van der Waals surface area contributed by atoms with Gasteiger partial charge in [-0.25, -0.2) is 9.59 Å². The fourth-order valence-corrected chi connectivity index (χ4v) is 2.59. The summed E-state index contributed by atoms with van der Waals surface area (Å²) < 4.78 is 9.50. The first-order valence-corrected chi connectivity index (χ1v) is 5.80. The Morgan fingerprint density at radius 2 is 1.65 bits per heavy atom. The highest BCUT2D eigenvalue weighted by Crippen LogP contribution is 2.41. The highest BCUT2D eigenvalue weighted by atomic mass is 16.5. The van der Waals surface area contributed by atoms with Crippen molar-refractivity contribution in [3.63, 3.8) is 0 Å². The van der Waals surface area contributed by atoms with Crippen molar-refractivity contribution in [2.45, 2.75) is 32.1 Å². The molecule has 2 aliphatic rings. The zero-order valence-corrected chi connectivity index (χ0v) is 10.2. The first-order valence-electron chi connectivity index (χ1n) is 5.80. The molecule has 0 bridgehead atoms. The third-order valence-corrected chi connectivity index (χ3v) is 3.40. The van der Waals surface area contributed by atoms with E-state index in [1.54, 1.807) is 0 Å². The first-order chi connectivity index (χ1) is 8.19. The smallest absolute Gasteiger partial charge is 0.338 e. The van der Waals surface area contributed by atoms with Crippen LogP contribution < -0.4 is 0 Å². The minimum atomic E-state index is -0.419. The van der Waals surface area contributed by atoms with E-state index in [-0.39, 0.29) is 0 Å². The molecule has 2 rings (SSSR count). The third-order valence-electron chi connectivity index (χ3n) is 3.40. The van der Waals surface area contributed by atoms with E-state index in [1.807, 2.05) is 0 Å². The number of ether oxygens (including phenoxy) is 2. The summed E-state index contributed by atoms with van der Waals surface area (Å²) in [7, 11) is 2.67. The molecule has 0 unspecified atom stereocenters. The molecule has 2 aliphatic carbocycles. The van der Waals surface area contributed by atoms with Crippen molar-refractivity contribution < 1.29 is 19.1 Å². The van der Waals surface area contributed by atoms with E-state index in [9.17, 15) is 9.59 Å². The lowest BCUT2D eigenvalue weighted by Crippen LogP contribution is -2.13. The van der Waals surface area contributed by atoms with Gasteiger partial charge in [0.05, 0.1) is 25.4 Å². The topological polar surface area (TPSA) is 52.6 Å². The molecule has 0 atom stereocenters. The molecule has 0 saturated heterocycles. The van der Waals surface area contributed by atoms with E-state index in [4.69, 9.17) is 9.47 Å². The van der Waals surface area contributed by atoms with Crippen LogP contribution >= 0.6 is 0 Å². The van der Waals surface area contributed by atoms with Gasteiger partial charge >= 0.3 is 11.9 Å². The number of hydrogen-bond acceptors (Lipinski definition) is 4. The first kappa shape index (κ1) is 11.9. The molecular formula is C13H16O4. The van der Waals surface area contributed by atoms with Crippen molar-refractivity contribution in [1.82, 2.24) is 0 Å². The van der Waals surface area contributed by atoms with E-state index in [1.165, 1.54) is 19.8 Å². The van der Waals surface area contributed by atoms with Crippen LogP contribution in [0.5, 0.6) is 0 Å². The molecule has 4 heteroatoms. The normalized spacial score (nSPS) is 19.2. The maximum atomic E-state index is 11.8. The molecule has 0 aromatic rings. The second-order valence-corrected chi connectivity index (χ2v) is 4.30. The average molecular weight is 236 g/mol. The molecule has 0 N–H and O–H groups in total. The van der Waals surface area contributed by atoms with Gasteiger partial charge in [0, 0.05) is 6.42 Å². The number of carbonyl (C=O) groups is 2. The summed E-state index contributed by atoms with van der Waals surface area (Å²) in [5, 5.41) is 0. The molecule has 0 fully saturated rings. The Balaban J connectivity index is 2.41. The van der Waals surface area contributed by atoms with Crippen LogP contribution in [0.25, 0.3) is 0 Å². The maximum Gasteiger partial charge on any atom is 0.338 e. The Morgan fingerprint density at radius 3 is 2.29 bits per heavy atom. The van der Waals surface area contributed by atoms with Gasteiger partial charge in [0.1, 0.15) is 0 Å². The van der Waals surface area contributed by atoms with Gasteiger partial charge in [0.25, 0.3) is 0 Å². The van der Waals surface area contributed by atoms with Crippen LogP contribution in [-0.2, 0) is 19.1 Å². The molecule has 0 aliphatic heterocycles. The van der Waals surface area contributed by atoms with Crippen LogP contribution in [0.1, 0.15) is 32.1 Å². The van der Waals surface area contributed by atoms with E-state index in [2.05, 4.69) is 0 Å². The lowest BCUT2D eigenvalue weighted by Gasteiger charge is -2.15. The third kappa shape index (κ3) is 1.99. The van der Waals surface area contributed by atoms with Gasteiger partial charge in [-0.15, -0.1) is 0 Å². The number of allylic oxidation sites excluding steroid dienone is 1. The SMILES string of the molecule is COC(=O)C1=C(C(=O)OC)C2=C(CCCC2)C1. The lowest BCUT2D eigenvalue weighted by molar-refractivity contribution is -0.139. The highest BCUT2D eigenvalue weighted by Gasteiger charge is 2.34. The summed E-state index contributed by atoms with van der Waals surface area (Å²) in [6.07, 6.45) is 4.57. The van der Waals surface area contributed by atoms with E-state index >= 15 is 0 Å². The fourth-order valence-electron chi connectivity index (χ4n) is 2.59. The summed E-state index contributed by atoms with van der Waals surface area (Å²) >= 11 is 0. The molecule has 0 spiro atoms. The van der Waals surface area contributed by atoms with Gasteiger partial charge < -0.3 is 9.47 Å². The second-order valence-electron chi connectivity index (χ2n) is 4.30. The molecule has 0 aromatic heterocycles. The monoisotopic (exact) mass is 236 g/mol. The zero-order chi connectivity index (χ0) is 12.4. The van der Waals surface area contributed by atoms with Gasteiger partial charge in [-0.1, -0.05) is 5.57 Å². The summed E-state index contributed by atoms with van der Waals surface area (Å²) in [4.78, 5) is 23.5. The fraction of sp³-hybridized carbons (Fsp3) is 0.538. The quantitative estimate of drug-likeness (QED) is 0.687. The lowest BCUT2D eigenvalue weighted by atomic mass is 9.91. The summed E-state index contributed by atoms with van der Waals surface area (Å²) in [6, 6.07) is 0. The van der Waals surface area contributed by atoms with E-state index < -0.39 is 11.9 Å². The zero-order valence-electron chi connectivity index (χ0n) is 10.2. The maximum absolute atomic E-state index is 11.8. The van der Waals surface area contributed by atoms with Crippen molar-refractivity contribution in [1.29, 1.82) is 0 Å². The van der Waals surface area contributed by atoms with Crippen LogP contribution in [-0.4, -0.2) is 26.2 Å². The molecule has 17 heavy (non-hydrogen) atoms. The summed E-state index contributed by atoms with van der Waals surface area (Å²) in [6.45, 7) is 0. The molecule has 0 heterocycles. The van der Waals surface area contributed by atoms with Crippen LogP contribution in [0.2, 0.25) is 0 Å². The predicted octanol–water partition coefficient (Wildman–Crippen LogP) is 1.90. The number of methoxy groups -OCH3 is 2. The summed E-state index contributed by atoms with van der Waals surface area (Å²) in [5.41, 5.74) is 3.14. The average Bonchev–Trinajstić information content (AvgIpc) is 2.76. The number of rotatable bonds is 2. The van der Waals surface area contributed by atoms with Gasteiger partial charge in [0.2, 0.25) is 0 Å². The molecular weight excluding hydrogens is 220 g/mol. The van der Waals surface area contributed by atoms with Gasteiger partial charge in [0.15, 0.2) is 0 Å². The Morgan fingerprint density at radius 1 is 1.00 bits per heavy atom. The van der Waals surface area contributed by atoms with Crippen molar-refractivity contribution in [2.75, 3.05) is 14.2 Å². The minimum Gasteiger partial charge on any atom is -0.466 e. The standard InChI is InChI=1S/C13H16O4/c1-16-12(14)10-7-8-5-3-4-6-9(8)11(10)13(15)17-2/h3-7H2,1-2H3. The molecule has 0 aromatic carbocycles. The van der Waals surface area contributed by atoms with Gasteiger partial charge in [-0.2, -0.15) is 0 Å². The Hall–Kier alpha value is -1.58. The Labute approximate surface area is 100 Å². The summed E-state index contributed by atoms with van der Waals surface area (Å²) in [5.74, 6) is -0.836. The molecule has 0 amide bonds. The van der Waals surface area contributed by atoms with Crippen LogP contribution in [0, 0.1) is 0 Å². The number of esters is 2. The second kappa shape index (κ2) is 4.73. The van der Waals surface area contributed by atoms with Gasteiger partial charge in [-0.3, -0.25) is 0 Å². The molecule has 4 nitrogen and oxygen atoms in total. The highest BCUT2D eigenvalue weighted by molar-refractivity contribution is 6.05. The minimum absolute atomic E-state index is 0.417. The predicted molar refractivity (Wildman–Crippen MR) is 61.2 cm³/mol. The van der Waals surface area contributed by atoms with Crippen LogP contribution in [0.4, 0.5) is 0 Å². The molecule has 0 saturated carbocycles. The Kier molecular flexibility index (Phi) is 3.31. The van der Waals surface area contributed by atoms with Crippen LogP contribution in [0.3, 0.4) is 0 Å². The van der Waals surface area contributed by atoms with Crippen molar-refractivity contribution in [3.05, 3.63) is 22.3 Å². The molecule has 92 valence electrons. The van der Waals surface area contributed by atoms with E-state index in [0.29, 0.717) is 17.6 Å². The Bertz CT molecular complexity index is 429. The number of hydrogen-bond donors (Lipinski definition) is 0. The van der Waals surface area contributed by atoms with E-state index in [0.717, 1.165) is 31.3 Å². The van der Waals surface area contributed by atoms with Crippen molar-refractivity contribution >= 4 is 11.9 Å². The van der Waals surface area contributed by atoms with Crippen molar-refractivity contribution in [2.24, 2.45) is 0 Å². The largest absolute Gasteiger partial charge is 0.466 e. The van der Waals surface area contributed by atoms with Crippen molar-refractivity contribution in [3.8, 4) is 0 Å². The van der Waals surface area contributed by atoms with Crippen LogP contribution in [0.15, 0.2) is 22.3 Å². The molecule has 0 radical (unpaired) electrons. The van der Waals surface area contributed by atoms with Gasteiger partial charge in [-0.05, 0) is 31.3 Å². The number of carbonyl (C=O) groups excluding carboxylic acids is 2.